The average Bonchev–Trinajstić information content (AvgIpc) is 2.86. The smallest absolute Gasteiger partial charge is 0.225 e. The zero-order valence-electron chi connectivity index (χ0n) is 11.7. The van der Waals surface area contributed by atoms with E-state index in [2.05, 4.69) is 15.7 Å². The molecule has 1 aromatic rings. The summed E-state index contributed by atoms with van der Waals surface area (Å²) in [6.07, 6.45) is 6.36. The monoisotopic (exact) mass is 265 g/mol. The molecular formula is C13H23N5O. The van der Waals surface area contributed by atoms with Crippen LogP contribution in [0.4, 0.5) is 5.69 Å². The van der Waals surface area contributed by atoms with Crippen molar-refractivity contribution in [3.05, 3.63) is 12.4 Å². The zero-order chi connectivity index (χ0) is 13.7. The Morgan fingerprint density at radius 3 is 2.95 bits per heavy atom. The van der Waals surface area contributed by atoms with Crippen molar-refractivity contribution in [2.45, 2.75) is 25.3 Å². The summed E-state index contributed by atoms with van der Waals surface area (Å²) < 4.78 is 1.97. The quantitative estimate of drug-likeness (QED) is 0.822. The first kappa shape index (κ1) is 14.0. The van der Waals surface area contributed by atoms with Crippen LogP contribution >= 0.6 is 0 Å². The van der Waals surface area contributed by atoms with Gasteiger partial charge in [0, 0.05) is 19.2 Å². The standard InChI is InChI=1S/C13H23N5O/c1-17(2)8-5-13(19)16-11-9-15-18(10-11)12-3-6-14-7-4-12/h9-10,12,14H,3-8H2,1-2H3,(H,16,19). The fraction of sp³-hybridized carbons (Fsp3) is 0.692. The van der Waals surface area contributed by atoms with Gasteiger partial charge in [-0.25, -0.2) is 0 Å². The topological polar surface area (TPSA) is 62.2 Å². The summed E-state index contributed by atoms with van der Waals surface area (Å²) in [6.45, 7) is 2.83. The maximum absolute atomic E-state index is 11.7. The van der Waals surface area contributed by atoms with Crippen molar-refractivity contribution in [2.75, 3.05) is 39.0 Å². The second-order valence-electron chi connectivity index (χ2n) is 5.29. The van der Waals surface area contributed by atoms with E-state index >= 15 is 0 Å². The summed E-state index contributed by atoms with van der Waals surface area (Å²) in [4.78, 5) is 13.7. The van der Waals surface area contributed by atoms with Crippen LogP contribution in [0.3, 0.4) is 0 Å². The molecule has 0 aliphatic carbocycles. The number of hydrogen-bond acceptors (Lipinski definition) is 4. The zero-order valence-corrected chi connectivity index (χ0v) is 11.7. The fourth-order valence-electron chi connectivity index (χ4n) is 2.22. The molecule has 1 aromatic heterocycles. The van der Waals surface area contributed by atoms with E-state index in [1.54, 1.807) is 6.20 Å². The molecule has 19 heavy (non-hydrogen) atoms. The average molecular weight is 265 g/mol. The van der Waals surface area contributed by atoms with Crippen LogP contribution in [0.1, 0.15) is 25.3 Å². The van der Waals surface area contributed by atoms with Crippen LogP contribution in [0.5, 0.6) is 0 Å². The number of carbonyl (C=O) groups is 1. The molecule has 0 aromatic carbocycles. The maximum Gasteiger partial charge on any atom is 0.225 e. The lowest BCUT2D eigenvalue weighted by atomic mass is 10.1. The molecule has 2 heterocycles. The molecule has 0 bridgehead atoms. The van der Waals surface area contributed by atoms with E-state index in [0.717, 1.165) is 38.2 Å². The number of hydrogen-bond donors (Lipinski definition) is 2. The van der Waals surface area contributed by atoms with E-state index in [1.807, 2.05) is 29.9 Å². The van der Waals surface area contributed by atoms with Gasteiger partial charge in [-0.05, 0) is 40.0 Å². The summed E-state index contributed by atoms with van der Waals surface area (Å²) in [5.41, 5.74) is 0.794. The second kappa shape index (κ2) is 6.68. The van der Waals surface area contributed by atoms with Gasteiger partial charge in [0.15, 0.2) is 0 Å². The fourth-order valence-corrected chi connectivity index (χ4v) is 2.22. The number of amides is 1. The Bertz CT molecular complexity index is 409. The summed E-state index contributed by atoms with van der Waals surface area (Å²) in [5, 5.41) is 10.6. The van der Waals surface area contributed by atoms with Gasteiger partial charge in [-0.15, -0.1) is 0 Å². The molecule has 1 amide bonds. The van der Waals surface area contributed by atoms with Crippen LogP contribution in [0, 0.1) is 0 Å². The normalized spacial score (nSPS) is 16.8. The first-order valence-corrected chi connectivity index (χ1v) is 6.84. The molecule has 6 nitrogen and oxygen atoms in total. The molecule has 0 spiro atoms. The predicted molar refractivity (Wildman–Crippen MR) is 75.2 cm³/mol. The van der Waals surface area contributed by atoms with E-state index in [-0.39, 0.29) is 5.91 Å². The molecule has 1 fully saturated rings. The lowest BCUT2D eigenvalue weighted by molar-refractivity contribution is -0.116. The van der Waals surface area contributed by atoms with Gasteiger partial charge in [0.25, 0.3) is 0 Å². The van der Waals surface area contributed by atoms with Crippen molar-refractivity contribution in [2.24, 2.45) is 0 Å². The molecule has 6 heteroatoms. The molecule has 0 atom stereocenters. The molecule has 1 saturated heterocycles. The number of aromatic nitrogens is 2. The van der Waals surface area contributed by atoms with Crippen LogP contribution in [0.2, 0.25) is 0 Å². The third-order valence-corrected chi connectivity index (χ3v) is 3.35. The molecule has 0 unspecified atom stereocenters. The molecule has 2 rings (SSSR count). The van der Waals surface area contributed by atoms with Gasteiger partial charge in [-0.1, -0.05) is 0 Å². The molecule has 2 N–H and O–H groups in total. The number of piperidine rings is 1. The minimum atomic E-state index is 0.0403. The van der Waals surface area contributed by atoms with Gasteiger partial charge < -0.3 is 15.5 Å². The van der Waals surface area contributed by atoms with E-state index < -0.39 is 0 Å². The summed E-state index contributed by atoms with van der Waals surface area (Å²) >= 11 is 0. The van der Waals surface area contributed by atoms with Crippen molar-refractivity contribution in [3.63, 3.8) is 0 Å². The second-order valence-corrected chi connectivity index (χ2v) is 5.29. The molecular weight excluding hydrogens is 242 g/mol. The Morgan fingerprint density at radius 2 is 2.26 bits per heavy atom. The molecule has 106 valence electrons. The van der Waals surface area contributed by atoms with Crippen molar-refractivity contribution >= 4 is 11.6 Å². The Kier molecular flexibility index (Phi) is 4.93. The van der Waals surface area contributed by atoms with Crippen LogP contribution < -0.4 is 10.6 Å². The van der Waals surface area contributed by atoms with Gasteiger partial charge in [-0.2, -0.15) is 5.10 Å². The van der Waals surface area contributed by atoms with Crippen molar-refractivity contribution < 1.29 is 4.79 Å². The maximum atomic E-state index is 11.7. The van der Waals surface area contributed by atoms with Crippen molar-refractivity contribution in [1.82, 2.24) is 20.0 Å². The number of anilines is 1. The van der Waals surface area contributed by atoms with Crippen molar-refractivity contribution in [1.29, 1.82) is 0 Å². The van der Waals surface area contributed by atoms with E-state index in [0.29, 0.717) is 12.5 Å². The third kappa shape index (κ3) is 4.33. The number of nitrogens with zero attached hydrogens (tertiary/aromatic N) is 3. The molecule has 0 radical (unpaired) electrons. The summed E-state index contributed by atoms with van der Waals surface area (Å²) in [5.74, 6) is 0.0403. The molecule has 1 aliphatic heterocycles. The highest BCUT2D eigenvalue weighted by Crippen LogP contribution is 2.19. The first-order chi connectivity index (χ1) is 9.15. The van der Waals surface area contributed by atoms with Gasteiger partial charge in [0.2, 0.25) is 5.91 Å². The SMILES string of the molecule is CN(C)CCC(=O)Nc1cnn(C2CCNCC2)c1. The lowest BCUT2D eigenvalue weighted by Crippen LogP contribution is -2.29. The van der Waals surface area contributed by atoms with Crippen LogP contribution in [0.15, 0.2) is 12.4 Å². The van der Waals surface area contributed by atoms with E-state index in [9.17, 15) is 4.79 Å². The highest BCUT2D eigenvalue weighted by atomic mass is 16.1. The highest BCUT2D eigenvalue weighted by molar-refractivity contribution is 5.90. The lowest BCUT2D eigenvalue weighted by Gasteiger charge is -2.22. The first-order valence-electron chi connectivity index (χ1n) is 6.84. The molecule has 1 aliphatic rings. The highest BCUT2D eigenvalue weighted by Gasteiger charge is 2.16. The van der Waals surface area contributed by atoms with Crippen LogP contribution in [-0.4, -0.2) is 54.3 Å². The number of rotatable bonds is 5. The Hall–Kier alpha value is -1.40. The van der Waals surface area contributed by atoms with Crippen LogP contribution in [0.25, 0.3) is 0 Å². The van der Waals surface area contributed by atoms with Gasteiger partial charge >= 0.3 is 0 Å². The third-order valence-electron chi connectivity index (χ3n) is 3.35. The largest absolute Gasteiger partial charge is 0.323 e. The predicted octanol–water partition coefficient (Wildman–Crippen LogP) is 0.698. The summed E-state index contributed by atoms with van der Waals surface area (Å²) in [7, 11) is 3.92. The number of nitrogens with one attached hydrogen (secondary N) is 2. The Labute approximate surface area is 114 Å². The Morgan fingerprint density at radius 1 is 1.53 bits per heavy atom. The molecule has 0 saturated carbocycles. The minimum Gasteiger partial charge on any atom is -0.323 e. The van der Waals surface area contributed by atoms with E-state index in [4.69, 9.17) is 0 Å². The Balaban J connectivity index is 1.84. The minimum absolute atomic E-state index is 0.0403. The summed E-state index contributed by atoms with van der Waals surface area (Å²) in [6, 6.07) is 0.452. The van der Waals surface area contributed by atoms with Gasteiger partial charge in [0.1, 0.15) is 0 Å². The number of carbonyl (C=O) groups excluding carboxylic acids is 1. The van der Waals surface area contributed by atoms with Crippen LogP contribution in [-0.2, 0) is 4.79 Å². The van der Waals surface area contributed by atoms with Crippen molar-refractivity contribution in [3.8, 4) is 0 Å². The van der Waals surface area contributed by atoms with Gasteiger partial charge in [0.05, 0.1) is 17.9 Å². The van der Waals surface area contributed by atoms with E-state index in [1.165, 1.54) is 0 Å². The van der Waals surface area contributed by atoms with Gasteiger partial charge in [-0.3, -0.25) is 9.48 Å².